The molecule has 7 heteroatoms. The maximum Gasteiger partial charge on any atom is 0.280 e. The third-order valence-corrected chi connectivity index (χ3v) is 5.21. The minimum atomic E-state index is -0.112. The summed E-state index contributed by atoms with van der Waals surface area (Å²) in [4.78, 5) is 25.6. The number of para-hydroxylation sites is 1. The van der Waals surface area contributed by atoms with E-state index in [0.29, 0.717) is 6.04 Å². The van der Waals surface area contributed by atoms with E-state index in [-0.39, 0.29) is 24.9 Å². The molecule has 1 fully saturated rings. The van der Waals surface area contributed by atoms with E-state index in [9.17, 15) is 9.59 Å². The SMILES string of the molecule is CCc1ccccc1NC(=O)C[NH+](C)CC(=O)Nc1ccnn1C1CCCC1. The van der Waals surface area contributed by atoms with Crippen molar-refractivity contribution in [3.8, 4) is 0 Å². The summed E-state index contributed by atoms with van der Waals surface area (Å²) in [5.41, 5.74) is 1.94. The number of nitrogens with one attached hydrogen (secondary N) is 3. The van der Waals surface area contributed by atoms with Crippen LogP contribution in [-0.4, -0.2) is 41.7 Å². The van der Waals surface area contributed by atoms with Crippen LogP contribution >= 0.6 is 0 Å². The molecule has 1 aliphatic rings. The topological polar surface area (TPSA) is 80.5 Å². The van der Waals surface area contributed by atoms with Gasteiger partial charge in [-0.1, -0.05) is 38.0 Å². The number of anilines is 2. The normalized spacial score (nSPS) is 15.4. The predicted molar refractivity (Wildman–Crippen MR) is 109 cm³/mol. The highest BCUT2D eigenvalue weighted by Gasteiger charge is 2.21. The molecule has 3 N–H and O–H groups in total. The highest BCUT2D eigenvalue weighted by Crippen LogP contribution is 2.31. The first-order chi connectivity index (χ1) is 13.6. The number of hydrogen-bond acceptors (Lipinski definition) is 3. The molecule has 1 aromatic heterocycles. The lowest BCUT2D eigenvalue weighted by atomic mass is 10.1. The molecule has 2 aromatic rings. The number of benzene rings is 1. The van der Waals surface area contributed by atoms with E-state index >= 15 is 0 Å². The zero-order valence-corrected chi connectivity index (χ0v) is 16.7. The number of likely N-dealkylation sites (N-methyl/N-ethyl adjacent to an activating group) is 1. The molecule has 0 aliphatic heterocycles. The number of rotatable bonds is 8. The van der Waals surface area contributed by atoms with Crippen molar-refractivity contribution in [2.75, 3.05) is 30.8 Å². The molecular formula is C21H30N5O2+. The fourth-order valence-electron chi connectivity index (χ4n) is 3.80. The van der Waals surface area contributed by atoms with E-state index in [1.807, 2.05) is 42.1 Å². The van der Waals surface area contributed by atoms with Gasteiger partial charge in [0.05, 0.1) is 19.3 Å². The van der Waals surface area contributed by atoms with Crippen LogP contribution in [0.15, 0.2) is 36.5 Å². The first-order valence-corrected chi connectivity index (χ1v) is 10.1. The fourth-order valence-corrected chi connectivity index (χ4v) is 3.80. The van der Waals surface area contributed by atoms with E-state index in [1.54, 1.807) is 6.20 Å². The highest BCUT2D eigenvalue weighted by atomic mass is 16.2. The summed E-state index contributed by atoms with van der Waals surface area (Å²) >= 11 is 0. The van der Waals surface area contributed by atoms with Crippen LogP contribution in [-0.2, 0) is 16.0 Å². The van der Waals surface area contributed by atoms with Gasteiger partial charge in [0.2, 0.25) is 0 Å². The summed E-state index contributed by atoms with van der Waals surface area (Å²) < 4.78 is 1.93. The van der Waals surface area contributed by atoms with Crippen LogP contribution in [0.5, 0.6) is 0 Å². The molecule has 150 valence electrons. The smallest absolute Gasteiger partial charge is 0.280 e. The molecular weight excluding hydrogens is 354 g/mol. The summed E-state index contributed by atoms with van der Waals surface area (Å²) in [5, 5.41) is 10.3. The standard InChI is InChI=1S/C21H29N5O2/c1-3-16-8-4-7-11-18(16)23-20(27)14-25(2)15-21(28)24-19-12-13-22-26(19)17-9-5-6-10-17/h4,7-8,11-13,17H,3,5-6,9-10,14-15H2,1-2H3,(H,23,27)(H,24,28)/p+1. The van der Waals surface area contributed by atoms with E-state index in [1.165, 1.54) is 12.8 Å². The van der Waals surface area contributed by atoms with Crippen molar-refractivity contribution in [3.63, 3.8) is 0 Å². The molecule has 2 amide bonds. The average Bonchev–Trinajstić information content (AvgIpc) is 3.33. The van der Waals surface area contributed by atoms with Gasteiger partial charge in [0, 0.05) is 11.8 Å². The molecule has 1 aliphatic carbocycles. The number of carbonyl (C=O) groups is 2. The van der Waals surface area contributed by atoms with Gasteiger partial charge in [-0.25, -0.2) is 4.68 Å². The quantitative estimate of drug-likeness (QED) is 0.647. The van der Waals surface area contributed by atoms with Crippen LogP contribution in [0.25, 0.3) is 0 Å². The summed E-state index contributed by atoms with van der Waals surface area (Å²) in [5.74, 6) is 0.534. The highest BCUT2D eigenvalue weighted by molar-refractivity contribution is 5.93. The average molecular weight is 385 g/mol. The van der Waals surface area contributed by atoms with Crippen molar-refractivity contribution < 1.29 is 14.5 Å². The van der Waals surface area contributed by atoms with Gasteiger partial charge in [0.1, 0.15) is 5.82 Å². The lowest BCUT2D eigenvalue weighted by molar-refractivity contribution is -0.862. The largest absolute Gasteiger partial charge is 0.322 e. The lowest BCUT2D eigenvalue weighted by Gasteiger charge is -2.17. The molecule has 0 spiro atoms. The number of quaternary nitrogens is 1. The van der Waals surface area contributed by atoms with Gasteiger partial charge < -0.3 is 15.5 Å². The van der Waals surface area contributed by atoms with E-state index in [2.05, 4.69) is 22.7 Å². The first kappa shape index (κ1) is 20.1. The molecule has 1 heterocycles. The van der Waals surface area contributed by atoms with E-state index in [0.717, 1.165) is 41.2 Å². The minimum absolute atomic E-state index is 0.0952. The van der Waals surface area contributed by atoms with Gasteiger partial charge in [-0.05, 0) is 30.9 Å². The number of carbonyl (C=O) groups excluding carboxylic acids is 2. The van der Waals surface area contributed by atoms with Gasteiger partial charge in [0.15, 0.2) is 13.1 Å². The van der Waals surface area contributed by atoms with Crippen molar-refractivity contribution in [2.24, 2.45) is 0 Å². The Balaban J connectivity index is 1.49. The van der Waals surface area contributed by atoms with Crippen LogP contribution in [0.2, 0.25) is 0 Å². The second-order valence-corrected chi connectivity index (χ2v) is 7.52. The van der Waals surface area contributed by atoms with Crippen LogP contribution in [0.4, 0.5) is 11.5 Å². The number of amides is 2. The fraction of sp³-hybridized carbons (Fsp3) is 0.476. The Morgan fingerprint density at radius 2 is 1.79 bits per heavy atom. The Hall–Kier alpha value is -2.67. The molecule has 0 radical (unpaired) electrons. The van der Waals surface area contributed by atoms with Crippen molar-refractivity contribution in [2.45, 2.75) is 45.1 Å². The molecule has 1 aromatic carbocycles. The van der Waals surface area contributed by atoms with Crippen molar-refractivity contribution in [1.29, 1.82) is 0 Å². The molecule has 28 heavy (non-hydrogen) atoms. The van der Waals surface area contributed by atoms with E-state index in [4.69, 9.17) is 0 Å². The van der Waals surface area contributed by atoms with Gasteiger partial charge in [-0.3, -0.25) is 9.59 Å². The zero-order valence-electron chi connectivity index (χ0n) is 16.7. The molecule has 0 bridgehead atoms. The van der Waals surface area contributed by atoms with Crippen molar-refractivity contribution in [1.82, 2.24) is 9.78 Å². The van der Waals surface area contributed by atoms with E-state index < -0.39 is 0 Å². The van der Waals surface area contributed by atoms with Crippen LogP contribution in [0, 0.1) is 0 Å². The molecule has 1 unspecified atom stereocenters. The molecule has 0 saturated heterocycles. The number of aryl methyl sites for hydroxylation is 1. The third-order valence-electron chi connectivity index (χ3n) is 5.21. The maximum absolute atomic E-state index is 12.4. The van der Waals surface area contributed by atoms with Gasteiger partial charge in [0.25, 0.3) is 11.8 Å². The Bertz CT molecular complexity index is 811. The molecule has 1 atom stereocenters. The first-order valence-electron chi connectivity index (χ1n) is 10.1. The molecule has 1 saturated carbocycles. The Kier molecular flexibility index (Phi) is 6.81. The van der Waals surface area contributed by atoms with Gasteiger partial charge in [-0.2, -0.15) is 5.10 Å². The summed E-state index contributed by atoms with van der Waals surface area (Å²) in [6.45, 7) is 2.51. The van der Waals surface area contributed by atoms with Crippen LogP contribution in [0.1, 0.15) is 44.2 Å². The predicted octanol–water partition coefficient (Wildman–Crippen LogP) is 1.65. The zero-order chi connectivity index (χ0) is 19.9. The van der Waals surface area contributed by atoms with Gasteiger partial charge in [-0.15, -0.1) is 0 Å². The monoisotopic (exact) mass is 384 g/mol. The third kappa shape index (κ3) is 5.19. The number of aromatic nitrogens is 2. The van der Waals surface area contributed by atoms with Crippen molar-refractivity contribution >= 4 is 23.3 Å². The van der Waals surface area contributed by atoms with Crippen LogP contribution in [0.3, 0.4) is 0 Å². The Labute approximate surface area is 166 Å². The van der Waals surface area contributed by atoms with Crippen LogP contribution < -0.4 is 15.5 Å². The molecule has 3 rings (SSSR count). The number of nitrogens with zero attached hydrogens (tertiary/aromatic N) is 2. The summed E-state index contributed by atoms with van der Waals surface area (Å²) in [6.07, 6.45) is 7.21. The van der Waals surface area contributed by atoms with Gasteiger partial charge >= 0.3 is 0 Å². The van der Waals surface area contributed by atoms with Crippen molar-refractivity contribution in [3.05, 3.63) is 42.1 Å². The second-order valence-electron chi connectivity index (χ2n) is 7.52. The maximum atomic E-state index is 12.4. The Morgan fingerprint density at radius 1 is 1.11 bits per heavy atom. The summed E-state index contributed by atoms with van der Waals surface area (Å²) in [7, 11) is 1.85. The summed E-state index contributed by atoms with van der Waals surface area (Å²) in [6, 6.07) is 9.99. The number of hydrogen-bond donors (Lipinski definition) is 3. The Morgan fingerprint density at radius 3 is 2.50 bits per heavy atom. The second kappa shape index (κ2) is 9.50. The lowest BCUT2D eigenvalue weighted by Crippen LogP contribution is -3.11. The molecule has 7 nitrogen and oxygen atoms in total. The minimum Gasteiger partial charge on any atom is -0.322 e.